The highest BCUT2D eigenvalue weighted by Crippen LogP contribution is 2.25. The second kappa shape index (κ2) is 9.74. The molecule has 1 atom stereocenters. The van der Waals surface area contributed by atoms with Crippen LogP contribution in [0, 0.1) is 19.8 Å². The first-order valence-corrected chi connectivity index (χ1v) is 12.1. The quantitative estimate of drug-likeness (QED) is 0.618. The lowest BCUT2D eigenvalue weighted by Gasteiger charge is -2.33. The van der Waals surface area contributed by atoms with Gasteiger partial charge in [0.05, 0.1) is 11.6 Å². The van der Waals surface area contributed by atoms with Crippen LogP contribution in [0.15, 0.2) is 30.9 Å². The fourth-order valence-corrected chi connectivity index (χ4v) is 4.83. The summed E-state index contributed by atoms with van der Waals surface area (Å²) in [6.45, 7) is 7.42. The van der Waals surface area contributed by atoms with E-state index in [4.69, 9.17) is 0 Å². The Labute approximate surface area is 199 Å². The summed E-state index contributed by atoms with van der Waals surface area (Å²) in [5.41, 5.74) is 1.97. The Kier molecular flexibility index (Phi) is 6.37. The fourth-order valence-electron chi connectivity index (χ4n) is 4.83. The molecule has 0 saturated carbocycles. The molecule has 5 rings (SSSR count). The normalized spacial score (nSPS) is 18.7. The number of aromatic nitrogens is 6. The van der Waals surface area contributed by atoms with Gasteiger partial charge in [-0.15, -0.1) is 0 Å². The summed E-state index contributed by atoms with van der Waals surface area (Å²) in [5, 5.41) is 7.55. The molecule has 178 valence electrons. The van der Waals surface area contributed by atoms with Crippen molar-refractivity contribution < 1.29 is 4.79 Å². The van der Waals surface area contributed by atoms with Crippen molar-refractivity contribution in [1.29, 1.82) is 0 Å². The Hall–Kier alpha value is -3.56. The molecule has 34 heavy (non-hydrogen) atoms. The number of hydrogen-bond donors (Lipinski definition) is 1. The van der Waals surface area contributed by atoms with Crippen molar-refractivity contribution in [2.24, 2.45) is 5.92 Å². The van der Waals surface area contributed by atoms with Gasteiger partial charge in [0.2, 0.25) is 5.91 Å². The summed E-state index contributed by atoms with van der Waals surface area (Å²) in [6.07, 6.45) is 8.46. The molecule has 0 bridgehead atoms. The topological polar surface area (TPSA) is 105 Å². The monoisotopic (exact) mass is 461 g/mol. The van der Waals surface area contributed by atoms with Gasteiger partial charge in [-0.3, -0.25) is 4.79 Å². The third-order valence-electron chi connectivity index (χ3n) is 6.56. The standard InChI is InChI=1S/C24H31N9O/c1-17-11-18(2)33(30-17)23-13-22(27-16-28-23)32-10-6-7-19(14-32)24(34)29-20-12-21(26-15-25-20)31-8-4-3-5-9-31/h11-13,15-16,19H,3-10,14H2,1-2H3,(H,25,26,29,34). The average molecular weight is 462 g/mol. The Balaban J connectivity index is 1.26. The molecule has 0 spiro atoms. The maximum atomic E-state index is 13.1. The van der Waals surface area contributed by atoms with E-state index < -0.39 is 0 Å². The van der Waals surface area contributed by atoms with Gasteiger partial charge in [-0.2, -0.15) is 5.10 Å². The lowest BCUT2D eigenvalue weighted by atomic mass is 9.97. The lowest BCUT2D eigenvalue weighted by Crippen LogP contribution is -2.41. The van der Waals surface area contributed by atoms with E-state index in [0.717, 1.165) is 61.3 Å². The number of amides is 1. The number of nitrogens with zero attached hydrogens (tertiary/aromatic N) is 8. The van der Waals surface area contributed by atoms with Gasteiger partial charge in [0.15, 0.2) is 5.82 Å². The predicted molar refractivity (Wildman–Crippen MR) is 130 cm³/mol. The molecule has 0 aromatic carbocycles. The number of carbonyl (C=O) groups is 1. The third-order valence-corrected chi connectivity index (χ3v) is 6.56. The number of anilines is 3. The van der Waals surface area contributed by atoms with Gasteiger partial charge < -0.3 is 15.1 Å². The maximum Gasteiger partial charge on any atom is 0.230 e. The molecule has 5 heterocycles. The van der Waals surface area contributed by atoms with Crippen molar-refractivity contribution in [3.8, 4) is 5.82 Å². The first-order chi connectivity index (χ1) is 16.6. The first kappa shape index (κ1) is 22.2. The summed E-state index contributed by atoms with van der Waals surface area (Å²) in [5.74, 6) is 2.83. The van der Waals surface area contributed by atoms with E-state index in [1.54, 1.807) is 6.33 Å². The zero-order valence-electron chi connectivity index (χ0n) is 19.8. The largest absolute Gasteiger partial charge is 0.356 e. The zero-order valence-corrected chi connectivity index (χ0v) is 19.8. The molecule has 1 N–H and O–H groups in total. The lowest BCUT2D eigenvalue weighted by molar-refractivity contribution is -0.120. The Morgan fingerprint density at radius 3 is 2.32 bits per heavy atom. The minimum absolute atomic E-state index is 0.0131. The minimum atomic E-state index is -0.144. The average Bonchev–Trinajstić information content (AvgIpc) is 3.22. The van der Waals surface area contributed by atoms with E-state index in [1.165, 1.54) is 25.6 Å². The van der Waals surface area contributed by atoms with E-state index >= 15 is 0 Å². The van der Waals surface area contributed by atoms with Gasteiger partial charge in [0.25, 0.3) is 0 Å². The van der Waals surface area contributed by atoms with E-state index in [0.29, 0.717) is 12.4 Å². The van der Waals surface area contributed by atoms with Crippen LogP contribution in [0.5, 0.6) is 0 Å². The molecule has 2 saturated heterocycles. The van der Waals surface area contributed by atoms with Crippen molar-refractivity contribution >= 4 is 23.4 Å². The summed E-state index contributed by atoms with van der Waals surface area (Å²) in [7, 11) is 0. The van der Waals surface area contributed by atoms with Crippen LogP contribution >= 0.6 is 0 Å². The van der Waals surface area contributed by atoms with Crippen LogP contribution in [0.1, 0.15) is 43.5 Å². The van der Waals surface area contributed by atoms with Crippen molar-refractivity contribution in [2.45, 2.75) is 46.0 Å². The predicted octanol–water partition coefficient (Wildman–Crippen LogP) is 2.91. The first-order valence-electron chi connectivity index (χ1n) is 12.1. The molecule has 2 aliphatic rings. The van der Waals surface area contributed by atoms with E-state index in [9.17, 15) is 4.79 Å². The van der Waals surface area contributed by atoms with Gasteiger partial charge >= 0.3 is 0 Å². The molecule has 0 radical (unpaired) electrons. The van der Waals surface area contributed by atoms with Crippen LogP contribution in [0.2, 0.25) is 0 Å². The SMILES string of the molecule is Cc1cc(C)n(-c2cc(N3CCCC(C(=O)Nc4cc(N5CCCCC5)ncn4)C3)ncn2)n1. The molecule has 1 unspecified atom stereocenters. The van der Waals surface area contributed by atoms with Gasteiger partial charge in [-0.25, -0.2) is 24.6 Å². The Morgan fingerprint density at radius 1 is 0.853 bits per heavy atom. The number of hydrogen-bond acceptors (Lipinski definition) is 8. The van der Waals surface area contributed by atoms with Crippen molar-refractivity contribution in [3.63, 3.8) is 0 Å². The smallest absolute Gasteiger partial charge is 0.230 e. The highest BCUT2D eigenvalue weighted by atomic mass is 16.2. The Morgan fingerprint density at radius 2 is 1.56 bits per heavy atom. The van der Waals surface area contributed by atoms with Crippen molar-refractivity contribution in [2.75, 3.05) is 41.3 Å². The minimum Gasteiger partial charge on any atom is -0.356 e. The van der Waals surface area contributed by atoms with E-state index in [1.807, 2.05) is 36.7 Å². The van der Waals surface area contributed by atoms with Crippen LogP contribution < -0.4 is 15.1 Å². The molecular weight excluding hydrogens is 430 g/mol. The highest BCUT2D eigenvalue weighted by Gasteiger charge is 2.27. The van der Waals surface area contributed by atoms with Gasteiger partial charge in [0, 0.05) is 44.0 Å². The molecular formula is C24H31N9O. The van der Waals surface area contributed by atoms with Crippen LogP contribution in [-0.4, -0.2) is 61.8 Å². The van der Waals surface area contributed by atoms with Gasteiger partial charge in [0.1, 0.15) is 30.1 Å². The van der Waals surface area contributed by atoms with Crippen LogP contribution in [0.25, 0.3) is 5.82 Å². The van der Waals surface area contributed by atoms with Crippen LogP contribution in [0.3, 0.4) is 0 Å². The molecule has 2 aliphatic heterocycles. The van der Waals surface area contributed by atoms with Crippen molar-refractivity contribution in [3.05, 3.63) is 42.2 Å². The van der Waals surface area contributed by atoms with Crippen LogP contribution in [0.4, 0.5) is 17.5 Å². The summed E-state index contributed by atoms with van der Waals surface area (Å²) in [4.78, 5) is 35.1. The molecule has 3 aromatic rings. The third kappa shape index (κ3) is 4.85. The second-order valence-corrected chi connectivity index (χ2v) is 9.16. The van der Waals surface area contributed by atoms with E-state index in [2.05, 4.69) is 40.2 Å². The van der Waals surface area contributed by atoms with Gasteiger partial charge in [-0.05, 0) is 52.0 Å². The number of nitrogens with one attached hydrogen (secondary N) is 1. The van der Waals surface area contributed by atoms with Gasteiger partial charge in [-0.1, -0.05) is 0 Å². The molecule has 0 aliphatic carbocycles. The Bertz CT molecular complexity index is 1150. The summed E-state index contributed by atoms with van der Waals surface area (Å²) in [6, 6.07) is 5.84. The number of rotatable bonds is 5. The van der Waals surface area contributed by atoms with Crippen molar-refractivity contribution in [1.82, 2.24) is 29.7 Å². The number of aryl methyl sites for hydroxylation is 2. The summed E-state index contributed by atoms with van der Waals surface area (Å²) < 4.78 is 1.82. The maximum absolute atomic E-state index is 13.1. The van der Waals surface area contributed by atoms with Crippen LogP contribution in [-0.2, 0) is 4.79 Å². The molecule has 10 nitrogen and oxygen atoms in total. The highest BCUT2D eigenvalue weighted by molar-refractivity contribution is 5.92. The summed E-state index contributed by atoms with van der Waals surface area (Å²) >= 11 is 0. The number of carbonyl (C=O) groups excluding carboxylic acids is 1. The van der Waals surface area contributed by atoms with E-state index in [-0.39, 0.29) is 11.8 Å². The number of piperidine rings is 2. The molecule has 1 amide bonds. The molecule has 3 aromatic heterocycles. The zero-order chi connectivity index (χ0) is 23.5. The fraction of sp³-hybridized carbons (Fsp3) is 0.500. The second-order valence-electron chi connectivity index (χ2n) is 9.16. The molecule has 2 fully saturated rings. The molecule has 10 heteroatoms.